The average molecular weight is 506 g/mol. The van der Waals surface area contributed by atoms with Gasteiger partial charge < -0.3 is 15.1 Å². The predicted octanol–water partition coefficient (Wildman–Crippen LogP) is 0.935. The summed E-state index contributed by atoms with van der Waals surface area (Å²) in [5.74, 6) is -0.638. The second-order valence-corrected chi connectivity index (χ2v) is 8.95. The normalized spacial score (nSPS) is 11.2. The highest BCUT2D eigenvalue weighted by molar-refractivity contribution is 9.09. The Balaban J connectivity index is 3.31. The Morgan fingerprint density at radius 2 is 2.00 bits per heavy atom. The zero-order chi connectivity index (χ0) is 22.9. The highest BCUT2D eigenvalue weighted by atomic mass is 79.9. The van der Waals surface area contributed by atoms with Gasteiger partial charge in [-0.05, 0) is 20.2 Å². The molecule has 0 bridgehead atoms. The van der Waals surface area contributed by atoms with Gasteiger partial charge in [-0.2, -0.15) is 13.7 Å². The number of amides is 1. The van der Waals surface area contributed by atoms with Crippen LogP contribution in [0.15, 0.2) is 12.1 Å². The van der Waals surface area contributed by atoms with Crippen LogP contribution in [0.25, 0.3) is 0 Å². The van der Waals surface area contributed by atoms with Crippen LogP contribution in [0.5, 0.6) is 0 Å². The third-order valence-electron chi connectivity index (χ3n) is 3.87. The van der Waals surface area contributed by atoms with Gasteiger partial charge in [-0.3, -0.25) is 19.1 Å². The Labute approximate surface area is 184 Å². The van der Waals surface area contributed by atoms with Crippen molar-refractivity contribution in [2.45, 2.75) is 0 Å². The molecule has 30 heavy (non-hydrogen) atoms. The molecule has 0 aliphatic carbocycles. The van der Waals surface area contributed by atoms with E-state index < -0.39 is 26.6 Å². The molecule has 0 saturated heterocycles. The number of likely N-dealkylation sites (N-methyl/N-ethyl adjacent to an activating group) is 1. The second kappa shape index (κ2) is 11.8. The fourth-order valence-electron chi connectivity index (χ4n) is 2.50. The van der Waals surface area contributed by atoms with Gasteiger partial charge in [-0.15, -0.1) is 0 Å². The zero-order valence-electron chi connectivity index (χ0n) is 16.9. The van der Waals surface area contributed by atoms with Gasteiger partial charge in [0.2, 0.25) is 0 Å². The first-order chi connectivity index (χ1) is 14.0. The molecule has 0 spiro atoms. The molecule has 0 aromatic heterocycles. The molecule has 1 amide bonds. The number of carbonyl (C=O) groups excluding carboxylic acids is 1. The molecule has 0 atom stereocenters. The Kier molecular flexibility index (Phi) is 10.1. The van der Waals surface area contributed by atoms with Crippen LogP contribution < -0.4 is 10.2 Å². The van der Waals surface area contributed by atoms with Gasteiger partial charge in [0.25, 0.3) is 21.7 Å². The molecular weight excluding hydrogens is 482 g/mol. The van der Waals surface area contributed by atoms with Gasteiger partial charge in [-0.25, -0.2) is 0 Å². The number of carbonyl (C=O) groups is 1. The lowest BCUT2D eigenvalue weighted by Crippen LogP contribution is -2.33. The van der Waals surface area contributed by atoms with E-state index in [1.165, 1.54) is 6.07 Å². The lowest BCUT2D eigenvalue weighted by molar-refractivity contribution is -0.385. The van der Waals surface area contributed by atoms with Crippen LogP contribution in [0, 0.1) is 21.4 Å². The molecule has 0 radical (unpaired) electrons. The standard InChI is InChI=1S/C17H24BrN5O6S/c1-21(2)7-5-20-17(24)14-11-15(13(12-19)10-16(14)23(25)26)22(6-4-18)8-9-29-30(3,27)28/h10-11H,4-9H2,1-3H3,(H,20,24). The third kappa shape index (κ3) is 8.23. The van der Waals surface area contributed by atoms with Crippen molar-refractivity contribution in [1.29, 1.82) is 5.26 Å². The number of hydrogen-bond donors (Lipinski definition) is 1. The van der Waals surface area contributed by atoms with Crippen molar-refractivity contribution in [3.63, 3.8) is 0 Å². The maximum atomic E-state index is 12.6. The first-order valence-electron chi connectivity index (χ1n) is 8.81. The smallest absolute Gasteiger partial charge is 0.283 e. The van der Waals surface area contributed by atoms with Gasteiger partial charge in [0.1, 0.15) is 11.6 Å². The molecular formula is C17H24BrN5O6S. The molecule has 0 saturated carbocycles. The summed E-state index contributed by atoms with van der Waals surface area (Å²) in [4.78, 5) is 26.8. The monoisotopic (exact) mass is 505 g/mol. The fraction of sp³-hybridized carbons (Fsp3) is 0.529. The van der Waals surface area contributed by atoms with Crippen molar-refractivity contribution >= 4 is 43.3 Å². The Morgan fingerprint density at radius 3 is 2.50 bits per heavy atom. The molecule has 11 nitrogen and oxygen atoms in total. The van der Waals surface area contributed by atoms with Gasteiger partial charge in [0.05, 0.1) is 29.0 Å². The number of hydrogen-bond acceptors (Lipinski definition) is 9. The topological polar surface area (TPSA) is 146 Å². The summed E-state index contributed by atoms with van der Waals surface area (Å²) in [6.45, 7) is 1.08. The summed E-state index contributed by atoms with van der Waals surface area (Å²) in [5, 5.41) is 24.0. The Bertz CT molecular complexity index is 916. The highest BCUT2D eigenvalue weighted by Gasteiger charge is 2.25. The number of nitro groups is 1. The van der Waals surface area contributed by atoms with E-state index in [0.717, 1.165) is 12.3 Å². The largest absolute Gasteiger partial charge is 0.367 e. The first kappa shape index (κ1) is 25.8. The van der Waals surface area contributed by atoms with Crippen LogP contribution in [-0.4, -0.2) is 82.6 Å². The molecule has 13 heteroatoms. The van der Waals surface area contributed by atoms with E-state index in [-0.39, 0.29) is 36.5 Å². The number of nitrogens with zero attached hydrogens (tertiary/aromatic N) is 4. The van der Waals surface area contributed by atoms with Crippen molar-refractivity contribution in [3.8, 4) is 6.07 Å². The summed E-state index contributed by atoms with van der Waals surface area (Å²) in [5.41, 5.74) is -0.399. The van der Waals surface area contributed by atoms with Crippen molar-refractivity contribution in [3.05, 3.63) is 33.4 Å². The quantitative estimate of drug-likeness (QED) is 0.189. The molecule has 0 unspecified atom stereocenters. The number of nitriles is 1. The number of halogens is 1. The van der Waals surface area contributed by atoms with Crippen LogP contribution in [-0.2, 0) is 14.3 Å². The van der Waals surface area contributed by atoms with Crippen LogP contribution in [0.1, 0.15) is 15.9 Å². The predicted molar refractivity (Wildman–Crippen MR) is 116 cm³/mol. The highest BCUT2D eigenvalue weighted by Crippen LogP contribution is 2.29. The minimum Gasteiger partial charge on any atom is -0.367 e. The molecule has 1 N–H and O–H groups in total. The van der Waals surface area contributed by atoms with Crippen molar-refractivity contribution < 1.29 is 22.3 Å². The molecule has 0 aliphatic rings. The van der Waals surface area contributed by atoms with Crippen molar-refractivity contribution in [1.82, 2.24) is 10.2 Å². The summed E-state index contributed by atoms with van der Waals surface area (Å²) in [6, 6.07) is 4.23. The Morgan fingerprint density at radius 1 is 1.33 bits per heavy atom. The van der Waals surface area contributed by atoms with Gasteiger partial charge in [0, 0.05) is 37.6 Å². The molecule has 1 rings (SSSR count). The van der Waals surface area contributed by atoms with Crippen molar-refractivity contribution in [2.24, 2.45) is 0 Å². The lowest BCUT2D eigenvalue weighted by atomic mass is 10.0. The maximum Gasteiger partial charge on any atom is 0.283 e. The number of rotatable bonds is 12. The van der Waals surface area contributed by atoms with E-state index >= 15 is 0 Å². The van der Waals surface area contributed by atoms with Gasteiger partial charge in [0.15, 0.2) is 0 Å². The van der Waals surface area contributed by atoms with E-state index in [1.807, 2.05) is 25.1 Å². The van der Waals surface area contributed by atoms with Crippen LogP contribution >= 0.6 is 15.9 Å². The number of nitro benzene ring substituents is 1. The third-order valence-corrected chi connectivity index (χ3v) is 4.82. The first-order valence-corrected chi connectivity index (χ1v) is 11.7. The number of alkyl halides is 1. The van der Waals surface area contributed by atoms with E-state index in [0.29, 0.717) is 18.4 Å². The second-order valence-electron chi connectivity index (χ2n) is 6.52. The molecule has 1 aromatic rings. The van der Waals surface area contributed by atoms with Crippen LogP contribution in [0.3, 0.4) is 0 Å². The molecule has 0 aliphatic heterocycles. The van der Waals surface area contributed by atoms with E-state index in [4.69, 9.17) is 4.18 Å². The van der Waals surface area contributed by atoms with E-state index in [1.54, 1.807) is 4.90 Å². The zero-order valence-corrected chi connectivity index (χ0v) is 19.3. The van der Waals surface area contributed by atoms with E-state index in [9.17, 15) is 28.6 Å². The molecule has 0 fully saturated rings. The van der Waals surface area contributed by atoms with Crippen LogP contribution in [0.2, 0.25) is 0 Å². The van der Waals surface area contributed by atoms with E-state index in [2.05, 4.69) is 21.2 Å². The summed E-state index contributed by atoms with van der Waals surface area (Å²) in [7, 11) is -0.00122. The van der Waals surface area contributed by atoms with Gasteiger partial charge >= 0.3 is 0 Å². The molecule has 166 valence electrons. The summed E-state index contributed by atoms with van der Waals surface area (Å²) >= 11 is 3.28. The van der Waals surface area contributed by atoms with Gasteiger partial charge in [-0.1, -0.05) is 15.9 Å². The van der Waals surface area contributed by atoms with Crippen molar-refractivity contribution in [2.75, 3.05) is 63.4 Å². The summed E-state index contributed by atoms with van der Waals surface area (Å²) in [6.07, 6.45) is 0.921. The lowest BCUT2D eigenvalue weighted by Gasteiger charge is -2.25. The minimum absolute atomic E-state index is 0.00755. The fourth-order valence-corrected chi connectivity index (χ4v) is 3.31. The maximum absolute atomic E-state index is 12.6. The van der Waals surface area contributed by atoms with Crippen LogP contribution in [0.4, 0.5) is 11.4 Å². The number of anilines is 1. The Hall–Kier alpha value is -2.27. The number of benzene rings is 1. The minimum atomic E-state index is -3.65. The molecule has 1 aromatic carbocycles. The molecule has 0 heterocycles. The average Bonchev–Trinajstić information content (AvgIpc) is 2.64. The SMILES string of the molecule is CN(C)CCNC(=O)c1cc(N(CCBr)CCOS(C)(=O)=O)c(C#N)cc1[N+](=O)[O-]. The number of nitrogens with one attached hydrogen (secondary N) is 1. The summed E-state index contributed by atoms with van der Waals surface area (Å²) < 4.78 is 27.2.